The van der Waals surface area contributed by atoms with Gasteiger partial charge in [-0.15, -0.1) is 0 Å². The van der Waals surface area contributed by atoms with Gasteiger partial charge in [-0.25, -0.2) is 0 Å². The summed E-state index contributed by atoms with van der Waals surface area (Å²) in [4.78, 5) is 29.0. The summed E-state index contributed by atoms with van der Waals surface area (Å²) in [5, 5.41) is 15.0. The van der Waals surface area contributed by atoms with E-state index in [4.69, 9.17) is 4.74 Å². The number of nitro benzene ring substituents is 1. The first kappa shape index (κ1) is 24.3. The Hall–Kier alpha value is -4.37. The van der Waals surface area contributed by atoms with Crippen molar-refractivity contribution >= 4 is 33.9 Å². The molecule has 0 spiro atoms. The van der Waals surface area contributed by atoms with Crippen molar-refractivity contribution in [3.63, 3.8) is 0 Å². The molecule has 0 saturated carbocycles. The third-order valence-electron chi connectivity index (χ3n) is 6.82. The Labute approximate surface area is 215 Å². The summed E-state index contributed by atoms with van der Waals surface area (Å²) in [6.45, 7) is 4.42. The SMILES string of the molecule is COc1ccc(Cn2c(C(=O)Nc3ccc(N4CCN(C)CC4)cc3)cc3cc([N+](=O)[O-])ccc32)cc1. The van der Waals surface area contributed by atoms with Gasteiger partial charge in [-0.05, 0) is 61.1 Å². The van der Waals surface area contributed by atoms with E-state index < -0.39 is 4.92 Å². The van der Waals surface area contributed by atoms with Crippen LogP contribution in [0.3, 0.4) is 0 Å². The van der Waals surface area contributed by atoms with Crippen molar-refractivity contribution in [1.29, 1.82) is 0 Å². The number of carbonyl (C=O) groups is 1. The van der Waals surface area contributed by atoms with Gasteiger partial charge in [-0.3, -0.25) is 14.9 Å². The predicted octanol–water partition coefficient (Wildman–Crippen LogP) is 4.61. The molecular weight excluding hydrogens is 470 g/mol. The molecule has 1 aliphatic rings. The molecule has 0 aliphatic carbocycles. The highest BCUT2D eigenvalue weighted by Crippen LogP contribution is 2.27. The van der Waals surface area contributed by atoms with E-state index in [1.54, 1.807) is 19.2 Å². The van der Waals surface area contributed by atoms with Gasteiger partial charge >= 0.3 is 0 Å². The van der Waals surface area contributed by atoms with E-state index in [0.29, 0.717) is 23.3 Å². The summed E-state index contributed by atoms with van der Waals surface area (Å²) >= 11 is 0. The van der Waals surface area contributed by atoms with Gasteiger partial charge in [0, 0.05) is 67.1 Å². The zero-order valence-corrected chi connectivity index (χ0v) is 20.9. The molecule has 9 heteroatoms. The Morgan fingerprint density at radius 1 is 0.973 bits per heavy atom. The molecule has 1 saturated heterocycles. The number of likely N-dealkylation sites (N-methyl/N-ethyl adjacent to an activating group) is 1. The van der Waals surface area contributed by atoms with Crippen LogP contribution in [0.15, 0.2) is 72.8 Å². The number of hydrogen-bond donors (Lipinski definition) is 1. The van der Waals surface area contributed by atoms with Gasteiger partial charge in [0.2, 0.25) is 0 Å². The lowest BCUT2D eigenvalue weighted by Gasteiger charge is -2.34. The lowest BCUT2D eigenvalue weighted by Crippen LogP contribution is -2.44. The molecule has 0 atom stereocenters. The van der Waals surface area contributed by atoms with E-state index in [9.17, 15) is 14.9 Å². The number of aromatic nitrogens is 1. The van der Waals surface area contributed by atoms with Crippen LogP contribution in [0, 0.1) is 10.1 Å². The molecule has 3 aromatic carbocycles. The fourth-order valence-corrected chi connectivity index (χ4v) is 4.66. The Bertz CT molecular complexity index is 1420. The molecule has 0 radical (unpaired) electrons. The van der Waals surface area contributed by atoms with Crippen LogP contribution in [0.2, 0.25) is 0 Å². The van der Waals surface area contributed by atoms with Crippen LogP contribution in [0.5, 0.6) is 5.75 Å². The molecule has 1 amide bonds. The maximum Gasteiger partial charge on any atom is 0.272 e. The number of anilines is 2. The third kappa shape index (κ3) is 5.26. The minimum absolute atomic E-state index is 0.0134. The lowest BCUT2D eigenvalue weighted by atomic mass is 10.2. The quantitative estimate of drug-likeness (QED) is 0.295. The number of carbonyl (C=O) groups excluding carboxylic acids is 1. The van der Waals surface area contributed by atoms with E-state index >= 15 is 0 Å². The van der Waals surface area contributed by atoms with Crippen molar-refractivity contribution in [1.82, 2.24) is 9.47 Å². The summed E-state index contributed by atoms with van der Waals surface area (Å²) in [5.74, 6) is 0.467. The molecule has 2 heterocycles. The second kappa shape index (κ2) is 10.3. The van der Waals surface area contributed by atoms with Crippen LogP contribution < -0.4 is 15.0 Å². The molecule has 1 aliphatic heterocycles. The molecular formula is C28H29N5O4. The molecule has 190 valence electrons. The number of benzene rings is 3. The smallest absolute Gasteiger partial charge is 0.272 e. The molecule has 1 N–H and O–H groups in total. The number of nitrogens with zero attached hydrogens (tertiary/aromatic N) is 4. The summed E-state index contributed by atoms with van der Waals surface area (Å²) in [7, 11) is 3.74. The highest BCUT2D eigenvalue weighted by atomic mass is 16.6. The van der Waals surface area contributed by atoms with E-state index in [2.05, 4.69) is 22.2 Å². The first-order chi connectivity index (χ1) is 17.9. The predicted molar refractivity (Wildman–Crippen MR) is 145 cm³/mol. The number of nitro groups is 1. The van der Waals surface area contributed by atoms with Crippen LogP contribution >= 0.6 is 0 Å². The van der Waals surface area contributed by atoms with Gasteiger partial charge in [-0.2, -0.15) is 0 Å². The number of non-ortho nitro benzene ring substituents is 1. The van der Waals surface area contributed by atoms with Crippen LogP contribution in [0.4, 0.5) is 17.1 Å². The van der Waals surface area contributed by atoms with Gasteiger partial charge in [0.25, 0.3) is 11.6 Å². The number of methoxy groups -OCH3 is 1. The standard InChI is InChI=1S/C28H29N5O4/c1-30-13-15-31(16-14-30)23-7-5-22(6-8-23)29-28(34)27-18-21-17-24(33(35)36)9-12-26(21)32(27)19-20-3-10-25(37-2)11-4-20/h3-12,17-18H,13-16,19H2,1-2H3,(H,29,34). The summed E-state index contributed by atoms with van der Waals surface area (Å²) < 4.78 is 7.13. The normalized spacial score (nSPS) is 14.1. The number of fused-ring (bicyclic) bond motifs is 1. The monoisotopic (exact) mass is 499 g/mol. The minimum atomic E-state index is -0.429. The zero-order chi connectivity index (χ0) is 25.9. The maximum absolute atomic E-state index is 13.4. The average molecular weight is 500 g/mol. The third-order valence-corrected chi connectivity index (χ3v) is 6.82. The highest BCUT2D eigenvalue weighted by molar-refractivity contribution is 6.06. The van der Waals surface area contributed by atoms with Gasteiger partial charge < -0.3 is 24.4 Å². The van der Waals surface area contributed by atoms with Crippen LogP contribution in [-0.2, 0) is 6.54 Å². The number of amides is 1. The fraction of sp³-hybridized carbons (Fsp3) is 0.250. The van der Waals surface area contributed by atoms with Gasteiger partial charge in [0.1, 0.15) is 11.4 Å². The fourth-order valence-electron chi connectivity index (χ4n) is 4.66. The Balaban J connectivity index is 1.42. The van der Waals surface area contributed by atoms with E-state index in [1.165, 1.54) is 12.1 Å². The average Bonchev–Trinajstić information content (AvgIpc) is 3.27. The minimum Gasteiger partial charge on any atom is -0.497 e. The van der Waals surface area contributed by atoms with Crippen LogP contribution in [0.1, 0.15) is 16.1 Å². The van der Waals surface area contributed by atoms with E-state index in [0.717, 1.165) is 48.7 Å². The van der Waals surface area contributed by atoms with E-state index in [-0.39, 0.29) is 11.6 Å². The van der Waals surface area contributed by atoms with Crippen molar-refractivity contribution in [2.75, 3.05) is 50.6 Å². The summed E-state index contributed by atoms with van der Waals surface area (Å²) in [6, 6.07) is 21.9. The van der Waals surface area contributed by atoms with Crippen molar-refractivity contribution < 1.29 is 14.5 Å². The van der Waals surface area contributed by atoms with Crippen molar-refractivity contribution in [3.05, 3.63) is 94.2 Å². The molecule has 1 fully saturated rings. The van der Waals surface area contributed by atoms with Gasteiger partial charge in [-0.1, -0.05) is 12.1 Å². The van der Waals surface area contributed by atoms with Crippen molar-refractivity contribution in [2.45, 2.75) is 6.54 Å². The van der Waals surface area contributed by atoms with Crippen molar-refractivity contribution in [3.8, 4) is 5.75 Å². The molecule has 5 rings (SSSR count). The number of piperazine rings is 1. The van der Waals surface area contributed by atoms with Crippen LogP contribution in [-0.4, -0.2) is 60.6 Å². The first-order valence-corrected chi connectivity index (χ1v) is 12.2. The molecule has 0 unspecified atom stereocenters. The molecule has 0 bridgehead atoms. The number of hydrogen-bond acceptors (Lipinski definition) is 6. The Morgan fingerprint density at radius 3 is 2.32 bits per heavy atom. The zero-order valence-electron chi connectivity index (χ0n) is 20.9. The lowest BCUT2D eigenvalue weighted by molar-refractivity contribution is -0.384. The highest BCUT2D eigenvalue weighted by Gasteiger charge is 2.19. The van der Waals surface area contributed by atoms with Crippen molar-refractivity contribution in [2.24, 2.45) is 0 Å². The summed E-state index contributed by atoms with van der Waals surface area (Å²) in [5.41, 5.74) is 3.95. The molecule has 1 aromatic heterocycles. The number of nitrogens with one attached hydrogen (secondary N) is 1. The second-order valence-corrected chi connectivity index (χ2v) is 9.26. The molecule has 4 aromatic rings. The van der Waals surface area contributed by atoms with Crippen LogP contribution in [0.25, 0.3) is 10.9 Å². The number of ether oxygens (including phenoxy) is 1. The first-order valence-electron chi connectivity index (χ1n) is 12.2. The summed E-state index contributed by atoms with van der Waals surface area (Å²) in [6.07, 6.45) is 0. The van der Waals surface area contributed by atoms with E-state index in [1.807, 2.05) is 53.1 Å². The topological polar surface area (TPSA) is 92.9 Å². The Kier molecular flexibility index (Phi) is 6.78. The van der Waals surface area contributed by atoms with Gasteiger partial charge in [0.15, 0.2) is 0 Å². The maximum atomic E-state index is 13.4. The largest absolute Gasteiger partial charge is 0.497 e. The Morgan fingerprint density at radius 2 is 1.68 bits per heavy atom. The molecule has 9 nitrogen and oxygen atoms in total. The second-order valence-electron chi connectivity index (χ2n) is 9.26. The van der Waals surface area contributed by atoms with Gasteiger partial charge in [0.05, 0.1) is 12.0 Å². The molecule has 37 heavy (non-hydrogen) atoms. The number of rotatable bonds is 7.